The van der Waals surface area contributed by atoms with E-state index in [1.807, 2.05) is 29.6 Å². The van der Waals surface area contributed by atoms with Gasteiger partial charge in [-0.2, -0.15) is 0 Å². The molecule has 0 aliphatic rings. The van der Waals surface area contributed by atoms with E-state index in [1.165, 1.54) is 11.3 Å². The van der Waals surface area contributed by atoms with E-state index in [0.29, 0.717) is 11.4 Å². The summed E-state index contributed by atoms with van der Waals surface area (Å²) < 4.78 is 0. The summed E-state index contributed by atoms with van der Waals surface area (Å²) in [5.41, 5.74) is 7.32. The van der Waals surface area contributed by atoms with Gasteiger partial charge >= 0.3 is 5.97 Å². The van der Waals surface area contributed by atoms with Gasteiger partial charge in [-0.3, -0.25) is 4.79 Å². The second kappa shape index (κ2) is 6.14. The number of benzene rings is 1. The number of hydrogen-bond acceptors (Lipinski definition) is 4. The van der Waals surface area contributed by atoms with Gasteiger partial charge in [0.1, 0.15) is 6.04 Å². The van der Waals surface area contributed by atoms with Crippen LogP contribution in [0, 0.1) is 0 Å². The zero-order chi connectivity index (χ0) is 13.8. The maximum absolute atomic E-state index is 10.7. The third kappa shape index (κ3) is 4.02. The van der Waals surface area contributed by atoms with Crippen LogP contribution < -0.4 is 5.73 Å². The quantitative estimate of drug-likeness (QED) is 0.888. The van der Waals surface area contributed by atoms with Crippen LogP contribution in [0.15, 0.2) is 29.6 Å². The molecule has 1 atom stereocenters. The Morgan fingerprint density at radius 3 is 2.74 bits per heavy atom. The largest absolute Gasteiger partial charge is 0.480 e. The Balaban J connectivity index is 2.01. The van der Waals surface area contributed by atoms with Crippen molar-refractivity contribution in [2.75, 3.05) is 0 Å². The van der Waals surface area contributed by atoms with Gasteiger partial charge in [-0.15, -0.1) is 11.3 Å². The molecule has 0 fully saturated rings. The number of carboxylic acid groups (broad SMARTS) is 1. The van der Waals surface area contributed by atoms with E-state index >= 15 is 0 Å². The van der Waals surface area contributed by atoms with Crippen molar-refractivity contribution in [1.29, 1.82) is 0 Å². The average Bonchev–Trinajstić information content (AvgIpc) is 2.79. The molecule has 4 nitrogen and oxygen atoms in total. The molecule has 0 saturated carbocycles. The first kappa shape index (κ1) is 14.0. The number of nitrogens with zero attached hydrogens (tertiary/aromatic N) is 1. The summed E-state index contributed by atoms with van der Waals surface area (Å²) in [5.74, 6) is -1.01. The monoisotopic (exact) mass is 296 g/mol. The zero-order valence-corrected chi connectivity index (χ0v) is 11.6. The number of carbonyl (C=O) groups is 1. The van der Waals surface area contributed by atoms with Crippen molar-refractivity contribution in [2.24, 2.45) is 5.73 Å². The van der Waals surface area contributed by atoms with Gasteiger partial charge in [0.05, 0.1) is 10.7 Å². The van der Waals surface area contributed by atoms with E-state index in [0.717, 1.165) is 16.3 Å². The number of nitrogens with two attached hydrogens (primary N) is 1. The van der Waals surface area contributed by atoms with Gasteiger partial charge in [-0.25, -0.2) is 4.98 Å². The van der Waals surface area contributed by atoms with Crippen molar-refractivity contribution < 1.29 is 9.90 Å². The maximum Gasteiger partial charge on any atom is 0.320 e. The van der Waals surface area contributed by atoms with Crippen LogP contribution in [0.3, 0.4) is 0 Å². The lowest BCUT2D eigenvalue weighted by Crippen LogP contribution is -2.32. The summed E-state index contributed by atoms with van der Waals surface area (Å²) in [6.45, 7) is 0. The van der Waals surface area contributed by atoms with Crippen LogP contribution in [0.1, 0.15) is 16.3 Å². The minimum atomic E-state index is -1.01. The number of carboxylic acids is 1. The molecule has 19 heavy (non-hydrogen) atoms. The molecule has 0 saturated heterocycles. The first-order valence-corrected chi connectivity index (χ1v) is 6.96. The first-order chi connectivity index (χ1) is 9.04. The molecule has 0 aliphatic carbocycles. The number of aliphatic carboxylic acids is 1. The predicted molar refractivity (Wildman–Crippen MR) is 75.7 cm³/mol. The van der Waals surface area contributed by atoms with E-state index in [9.17, 15) is 4.79 Å². The molecular weight excluding hydrogens is 284 g/mol. The van der Waals surface area contributed by atoms with Gasteiger partial charge < -0.3 is 10.8 Å². The van der Waals surface area contributed by atoms with Crippen molar-refractivity contribution >= 4 is 28.9 Å². The van der Waals surface area contributed by atoms with Crippen LogP contribution in [0.5, 0.6) is 0 Å². The molecule has 3 N–H and O–H groups in total. The number of hydrogen-bond donors (Lipinski definition) is 2. The molecule has 0 amide bonds. The Bertz CT molecular complexity index is 568. The van der Waals surface area contributed by atoms with Crippen molar-refractivity contribution in [2.45, 2.75) is 18.9 Å². The fourth-order valence-corrected chi connectivity index (χ4v) is 2.58. The third-order valence-electron chi connectivity index (χ3n) is 2.61. The van der Waals surface area contributed by atoms with Crippen molar-refractivity contribution in [3.63, 3.8) is 0 Å². The lowest BCUT2D eigenvalue weighted by molar-refractivity contribution is -0.138. The molecule has 1 unspecified atom stereocenters. The Morgan fingerprint density at radius 1 is 1.42 bits per heavy atom. The molecular formula is C13H13ClN2O2S. The van der Waals surface area contributed by atoms with Gasteiger partial charge in [0.15, 0.2) is 0 Å². The molecule has 1 aromatic carbocycles. The van der Waals surface area contributed by atoms with Crippen LogP contribution in [-0.4, -0.2) is 22.1 Å². The van der Waals surface area contributed by atoms with E-state index < -0.39 is 12.0 Å². The molecule has 0 spiro atoms. The fourth-order valence-electron chi connectivity index (χ4n) is 1.61. The highest BCUT2D eigenvalue weighted by molar-refractivity contribution is 7.09. The highest BCUT2D eigenvalue weighted by Crippen LogP contribution is 2.17. The van der Waals surface area contributed by atoms with Crippen LogP contribution in [0.4, 0.5) is 0 Å². The molecule has 2 rings (SSSR count). The van der Waals surface area contributed by atoms with Crippen LogP contribution in [0.25, 0.3) is 0 Å². The number of aromatic nitrogens is 1. The summed E-state index contributed by atoms with van der Waals surface area (Å²) in [4.78, 5) is 15.1. The zero-order valence-electron chi connectivity index (χ0n) is 10.0. The Morgan fingerprint density at radius 2 is 2.11 bits per heavy atom. The summed E-state index contributed by atoms with van der Waals surface area (Å²) >= 11 is 7.33. The molecule has 6 heteroatoms. The predicted octanol–water partition coefficient (Wildman–Crippen LogP) is 2.34. The standard InChI is InChI=1S/C13H13ClN2O2S/c14-9-3-1-8(2-4-9)5-12-16-10(7-19-12)6-11(15)13(17)18/h1-4,7,11H,5-6,15H2,(H,17,18). The molecule has 0 aliphatic heterocycles. The van der Waals surface area contributed by atoms with E-state index in [2.05, 4.69) is 4.98 Å². The van der Waals surface area contributed by atoms with Crippen LogP contribution >= 0.6 is 22.9 Å². The highest BCUT2D eigenvalue weighted by Gasteiger charge is 2.14. The number of halogens is 1. The minimum Gasteiger partial charge on any atom is -0.480 e. The molecule has 0 radical (unpaired) electrons. The third-order valence-corrected chi connectivity index (χ3v) is 3.76. The Hall–Kier alpha value is -1.43. The van der Waals surface area contributed by atoms with Gasteiger partial charge in [-0.1, -0.05) is 23.7 Å². The Labute approximate surface area is 119 Å². The van der Waals surface area contributed by atoms with Crippen LogP contribution in [-0.2, 0) is 17.6 Å². The lowest BCUT2D eigenvalue weighted by atomic mass is 10.1. The first-order valence-electron chi connectivity index (χ1n) is 5.70. The number of rotatable bonds is 5. The topological polar surface area (TPSA) is 76.2 Å². The Kier molecular flexibility index (Phi) is 4.52. The van der Waals surface area contributed by atoms with Crippen molar-refractivity contribution in [3.8, 4) is 0 Å². The average molecular weight is 297 g/mol. The molecule has 0 bridgehead atoms. The normalized spacial score (nSPS) is 12.3. The van der Waals surface area contributed by atoms with Gasteiger partial charge in [0.25, 0.3) is 0 Å². The maximum atomic E-state index is 10.7. The molecule has 1 heterocycles. The summed E-state index contributed by atoms with van der Waals surface area (Å²) in [6.07, 6.45) is 0.969. The van der Waals surface area contributed by atoms with E-state index in [-0.39, 0.29) is 6.42 Å². The number of thiazole rings is 1. The lowest BCUT2D eigenvalue weighted by Gasteiger charge is -2.02. The SMILES string of the molecule is NC(Cc1csc(Cc2ccc(Cl)cc2)n1)C(=O)O. The van der Waals surface area contributed by atoms with E-state index in [4.69, 9.17) is 22.4 Å². The fraction of sp³-hybridized carbons (Fsp3) is 0.231. The second-order valence-corrected chi connectivity index (χ2v) is 5.56. The van der Waals surface area contributed by atoms with Crippen molar-refractivity contribution in [3.05, 3.63) is 50.9 Å². The minimum absolute atomic E-state index is 0.256. The summed E-state index contributed by atoms with van der Waals surface area (Å²) in [6, 6.07) is 6.68. The molecule has 100 valence electrons. The second-order valence-electron chi connectivity index (χ2n) is 4.18. The van der Waals surface area contributed by atoms with Crippen molar-refractivity contribution in [1.82, 2.24) is 4.98 Å². The molecule has 1 aromatic heterocycles. The van der Waals surface area contributed by atoms with Crippen LogP contribution in [0.2, 0.25) is 5.02 Å². The van der Waals surface area contributed by atoms with E-state index in [1.54, 1.807) is 0 Å². The van der Waals surface area contributed by atoms with Gasteiger partial charge in [0.2, 0.25) is 0 Å². The summed E-state index contributed by atoms with van der Waals surface area (Å²) in [5, 5.41) is 12.2. The highest BCUT2D eigenvalue weighted by atomic mass is 35.5. The van der Waals surface area contributed by atoms with Gasteiger partial charge in [-0.05, 0) is 17.7 Å². The van der Waals surface area contributed by atoms with Gasteiger partial charge in [0, 0.05) is 23.2 Å². The molecule has 2 aromatic rings. The summed E-state index contributed by atoms with van der Waals surface area (Å²) in [7, 11) is 0. The smallest absolute Gasteiger partial charge is 0.320 e.